The summed E-state index contributed by atoms with van der Waals surface area (Å²) in [6, 6.07) is 17.9. The van der Waals surface area contributed by atoms with Crippen molar-refractivity contribution >= 4 is 10.0 Å². The minimum Gasteiger partial charge on any atom is -0.360 e. The number of H-pyrrole nitrogens is 1. The molecule has 0 amide bonds. The lowest BCUT2D eigenvalue weighted by Crippen LogP contribution is -2.23. The highest BCUT2D eigenvalue weighted by Gasteiger charge is 2.15. The Balaban J connectivity index is 1.88. The van der Waals surface area contributed by atoms with Crippen LogP contribution in [0.25, 0.3) is 22.4 Å². The number of nitrogens with zero attached hydrogens (tertiary/aromatic N) is 1. The normalized spacial score (nSPS) is 11.8. The van der Waals surface area contributed by atoms with Crippen molar-refractivity contribution in [2.45, 2.75) is 12.7 Å². The van der Waals surface area contributed by atoms with Crippen LogP contribution in [0.1, 0.15) is 11.1 Å². The highest BCUT2D eigenvalue weighted by Crippen LogP contribution is 2.31. The smallest absolute Gasteiger partial charge is 0.217 e. The van der Waals surface area contributed by atoms with E-state index in [1.807, 2.05) is 48.7 Å². The van der Waals surface area contributed by atoms with Crippen LogP contribution in [0.15, 0.2) is 60.8 Å². The van der Waals surface area contributed by atoms with Crippen LogP contribution in [0.5, 0.6) is 0 Å². The van der Waals surface area contributed by atoms with E-state index in [4.69, 9.17) is 0 Å². The van der Waals surface area contributed by atoms with Gasteiger partial charge < -0.3 is 4.98 Å². The van der Waals surface area contributed by atoms with Crippen molar-refractivity contribution in [1.29, 1.82) is 0 Å². The molecule has 0 aliphatic rings. The van der Waals surface area contributed by atoms with Gasteiger partial charge in [-0.3, -0.25) is 0 Å². The lowest BCUT2D eigenvalue weighted by Gasteiger charge is -2.11. The van der Waals surface area contributed by atoms with Crippen LogP contribution in [0, 0.1) is 6.92 Å². The summed E-state index contributed by atoms with van der Waals surface area (Å²) >= 11 is 0. The molecule has 0 spiro atoms. The molecular weight excluding hydrogens is 332 g/mol. The molecule has 5 heteroatoms. The Hall–Kier alpha value is -2.37. The Labute approximate surface area is 149 Å². The van der Waals surface area contributed by atoms with Gasteiger partial charge in [-0.05, 0) is 29.2 Å². The molecule has 1 aromatic heterocycles. The third kappa shape index (κ3) is 3.67. The van der Waals surface area contributed by atoms with Crippen molar-refractivity contribution in [2.24, 2.45) is 0 Å². The predicted octanol–water partition coefficient (Wildman–Crippen LogP) is 4.05. The molecular formula is C20H22N2O2S. The average Bonchev–Trinajstić information content (AvgIpc) is 2.97. The molecule has 1 N–H and O–H groups in total. The third-order valence-corrected chi connectivity index (χ3v) is 6.18. The van der Waals surface area contributed by atoms with Crippen molar-refractivity contribution < 1.29 is 8.42 Å². The molecule has 0 fully saturated rings. The molecule has 2 aromatic carbocycles. The first-order valence-electron chi connectivity index (χ1n) is 8.11. The number of nitrogens with one attached hydrogen (secondary N) is 1. The zero-order valence-electron chi connectivity index (χ0n) is 14.7. The highest BCUT2D eigenvalue weighted by molar-refractivity contribution is 7.88. The summed E-state index contributed by atoms with van der Waals surface area (Å²) in [6.07, 6.45) is 2.00. The van der Waals surface area contributed by atoms with Gasteiger partial charge in [-0.15, -0.1) is 0 Å². The molecule has 1 heterocycles. The van der Waals surface area contributed by atoms with Gasteiger partial charge in [-0.25, -0.2) is 12.7 Å². The van der Waals surface area contributed by atoms with Gasteiger partial charge in [-0.1, -0.05) is 54.6 Å². The maximum Gasteiger partial charge on any atom is 0.217 e. The first kappa shape index (κ1) is 17.5. The Morgan fingerprint density at radius 1 is 0.920 bits per heavy atom. The minimum absolute atomic E-state index is 0.0155. The van der Waals surface area contributed by atoms with E-state index in [9.17, 15) is 8.42 Å². The van der Waals surface area contributed by atoms with Crippen molar-refractivity contribution in [2.75, 3.05) is 14.1 Å². The molecule has 0 unspecified atom stereocenters. The first-order chi connectivity index (χ1) is 11.9. The predicted molar refractivity (Wildman–Crippen MR) is 103 cm³/mol. The molecule has 0 bridgehead atoms. The Morgan fingerprint density at radius 2 is 1.56 bits per heavy atom. The van der Waals surface area contributed by atoms with Crippen LogP contribution in [-0.2, 0) is 15.8 Å². The number of hydrogen-bond donors (Lipinski definition) is 1. The van der Waals surface area contributed by atoms with Crippen LogP contribution in [-0.4, -0.2) is 31.8 Å². The average molecular weight is 354 g/mol. The van der Waals surface area contributed by atoms with Gasteiger partial charge in [0.25, 0.3) is 0 Å². The first-order valence-corrected chi connectivity index (χ1v) is 9.72. The molecule has 0 aliphatic heterocycles. The number of rotatable bonds is 5. The molecule has 3 aromatic rings. The molecule has 25 heavy (non-hydrogen) atoms. The van der Waals surface area contributed by atoms with Crippen molar-refractivity contribution in [3.05, 3.63) is 71.9 Å². The molecule has 4 nitrogen and oxygen atoms in total. The second-order valence-electron chi connectivity index (χ2n) is 6.30. The fourth-order valence-corrected chi connectivity index (χ4v) is 3.69. The van der Waals surface area contributed by atoms with Crippen LogP contribution >= 0.6 is 0 Å². The van der Waals surface area contributed by atoms with E-state index in [1.54, 1.807) is 14.1 Å². The Morgan fingerprint density at radius 3 is 2.16 bits per heavy atom. The molecule has 130 valence electrons. The van der Waals surface area contributed by atoms with E-state index in [0.29, 0.717) is 0 Å². The molecule has 0 saturated heterocycles. The third-order valence-electron chi connectivity index (χ3n) is 4.37. The van der Waals surface area contributed by atoms with Gasteiger partial charge >= 0.3 is 0 Å². The molecule has 3 rings (SSSR count). The van der Waals surface area contributed by atoms with Gasteiger partial charge in [0.15, 0.2) is 0 Å². The van der Waals surface area contributed by atoms with E-state index in [1.165, 1.54) is 9.87 Å². The standard InChI is InChI=1S/C20H22N2O2S/c1-15-19(13-21-20(15)18-7-5-4-6-8-18)17-11-9-16(10-12-17)14-25(23,24)22(2)3/h4-13,21H,14H2,1-3H3. The van der Waals surface area contributed by atoms with Gasteiger partial charge in [0.05, 0.1) is 5.75 Å². The molecule has 0 radical (unpaired) electrons. The van der Waals surface area contributed by atoms with E-state index < -0.39 is 10.0 Å². The van der Waals surface area contributed by atoms with E-state index in [0.717, 1.165) is 27.9 Å². The lowest BCUT2D eigenvalue weighted by molar-refractivity contribution is 0.520. The monoisotopic (exact) mass is 354 g/mol. The molecule has 0 aliphatic carbocycles. The number of aromatic nitrogens is 1. The second kappa shape index (κ2) is 6.86. The van der Waals surface area contributed by atoms with Crippen LogP contribution in [0.4, 0.5) is 0 Å². The zero-order chi connectivity index (χ0) is 18.0. The summed E-state index contributed by atoms with van der Waals surface area (Å²) < 4.78 is 25.2. The van der Waals surface area contributed by atoms with Crippen LogP contribution in [0.2, 0.25) is 0 Å². The van der Waals surface area contributed by atoms with Crippen LogP contribution in [0.3, 0.4) is 0 Å². The Bertz CT molecular complexity index is 957. The highest BCUT2D eigenvalue weighted by atomic mass is 32.2. The van der Waals surface area contributed by atoms with Crippen molar-refractivity contribution in [1.82, 2.24) is 9.29 Å². The van der Waals surface area contributed by atoms with Gasteiger partial charge in [0.2, 0.25) is 10.0 Å². The summed E-state index contributed by atoms with van der Waals surface area (Å²) in [6.45, 7) is 2.10. The summed E-state index contributed by atoms with van der Waals surface area (Å²) in [7, 11) is -0.135. The van der Waals surface area contributed by atoms with Crippen LogP contribution < -0.4 is 0 Å². The number of aromatic amines is 1. The minimum atomic E-state index is -3.24. The van der Waals surface area contributed by atoms with Gasteiger partial charge in [0.1, 0.15) is 0 Å². The fraction of sp³-hybridized carbons (Fsp3) is 0.200. The topological polar surface area (TPSA) is 53.2 Å². The fourth-order valence-electron chi connectivity index (χ4n) is 2.82. The van der Waals surface area contributed by atoms with E-state index in [2.05, 4.69) is 24.0 Å². The lowest BCUT2D eigenvalue weighted by atomic mass is 10.0. The Kier molecular flexibility index (Phi) is 4.79. The van der Waals surface area contributed by atoms with Crippen molar-refractivity contribution in [3.63, 3.8) is 0 Å². The van der Waals surface area contributed by atoms with E-state index >= 15 is 0 Å². The molecule has 0 atom stereocenters. The van der Waals surface area contributed by atoms with Gasteiger partial charge in [-0.2, -0.15) is 0 Å². The van der Waals surface area contributed by atoms with E-state index in [-0.39, 0.29) is 5.75 Å². The summed E-state index contributed by atoms with van der Waals surface area (Å²) in [5.41, 5.74) is 6.42. The van der Waals surface area contributed by atoms with Gasteiger partial charge in [0, 0.05) is 31.5 Å². The quantitative estimate of drug-likeness (QED) is 0.751. The zero-order valence-corrected chi connectivity index (χ0v) is 15.5. The van der Waals surface area contributed by atoms with Crippen molar-refractivity contribution in [3.8, 4) is 22.4 Å². The largest absolute Gasteiger partial charge is 0.360 e. The number of benzene rings is 2. The SMILES string of the molecule is Cc1c(-c2ccc(CS(=O)(=O)N(C)C)cc2)c[nH]c1-c1ccccc1. The second-order valence-corrected chi connectivity index (χ2v) is 8.49. The number of sulfonamides is 1. The molecule has 0 saturated carbocycles. The maximum atomic E-state index is 12.0. The summed E-state index contributed by atoms with van der Waals surface area (Å²) in [4.78, 5) is 3.35. The summed E-state index contributed by atoms with van der Waals surface area (Å²) in [5.74, 6) is 0.0155. The summed E-state index contributed by atoms with van der Waals surface area (Å²) in [5, 5.41) is 0. The number of hydrogen-bond acceptors (Lipinski definition) is 2. The maximum absolute atomic E-state index is 12.0.